The summed E-state index contributed by atoms with van der Waals surface area (Å²) in [6.07, 6.45) is 4.61. The Hall–Kier alpha value is 0.0262. The van der Waals surface area contributed by atoms with Gasteiger partial charge in [-0.1, -0.05) is 35.9 Å². The van der Waals surface area contributed by atoms with Gasteiger partial charge in [-0.25, -0.2) is 0 Å². The SMILES string of the molecule is C#[C][Mg+].Cc1ccccc1.[Br-]. The fraction of sp³-hybridized carbons (Fsp3) is 0.111. The summed E-state index contributed by atoms with van der Waals surface area (Å²) in [7, 11) is 0. The first-order valence-corrected chi connectivity index (χ1v) is 3.76. The van der Waals surface area contributed by atoms with Crippen LogP contribution in [0.4, 0.5) is 0 Å². The number of hydrogen-bond acceptors (Lipinski definition) is 0. The van der Waals surface area contributed by atoms with Crippen LogP contribution in [0.15, 0.2) is 30.3 Å². The molecule has 0 nitrogen and oxygen atoms in total. The van der Waals surface area contributed by atoms with E-state index in [4.69, 9.17) is 0 Å². The van der Waals surface area contributed by atoms with Crippen molar-refractivity contribution >= 4 is 21.7 Å². The third kappa shape index (κ3) is 10.0. The molecule has 1 rings (SSSR count). The molecule has 0 heterocycles. The molecule has 0 radical (unpaired) electrons. The van der Waals surface area contributed by atoms with Crippen LogP contribution in [0, 0.1) is 17.4 Å². The second-order valence-corrected chi connectivity index (χ2v) is 2.27. The van der Waals surface area contributed by atoms with E-state index in [0.29, 0.717) is 0 Å². The van der Waals surface area contributed by atoms with Gasteiger partial charge in [-0.2, -0.15) is 0 Å². The molecule has 0 saturated heterocycles. The number of aryl methyl sites for hydroxylation is 1. The minimum atomic E-state index is 0. The van der Waals surface area contributed by atoms with E-state index in [2.05, 4.69) is 29.5 Å². The van der Waals surface area contributed by atoms with Crippen LogP contribution in [0.1, 0.15) is 5.56 Å². The van der Waals surface area contributed by atoms with Gasteiger partial charge in [0.25, 0.3) is 0 Å². The van der Waals surface area contributed by atoms with E-state index in [0.717, 1.165) is 0 Å². The van der Waals surface area contributed by atoms with Crippen molar-refractivity contribution in [3.63, 3.8) is 0 Å². The van der Waals surface area contributed by atoms with Crippen LogP contribution in [0.25, 0.3) is 0 Å². The molecular weight excluding hydrogens is 212 g/mol. The molecule has 0 atom stereocenters. The van der Waals surface area contributed by atoms with E-state index in [1.807, 2.05) is 18.2 Å². The fourth-order valence-corrected chi connectivity index (χ4v) is 0.534. The Morgan fingerprint density at radius 3 is 1.82 bits per heavy atom. The maximum Gasteiger partial charge on any atom is -0.0398 e. The van der Waals surface area contributed by atoms with Crippen molar-refractivity contribution in [3.05, 3.63) is 35.9 Å². The van der Waals surface area contributed by atoms with E-state index in [1.54, 1.807) is 0 Å². The molecule has 1 aromatic rings. The molecule has 0 spiro atoms. The molecule has 54 valence electrons. The summed E-state index contributed by atoms with van der Waals surface area (Å²) in [4.78, 5) is 0. The van der Waals surface area contributed by atoms with Gasteiger partial charge in [0.15, 0.2) is 0 Å². The van der Waals surface area contributed by atoms with Crippen LogP contribution in [0.3, 0.4) is 0 Å². The summed E-state index contributed by atoms with van der Waals surface area (Å²) in [6.45, 7) is 2.08. The Balaban J connectivity index is 0. The van der Waals surface area contributed by atoms with E-state index >= 15 is 0 Å². The first-order chi connectivity index (χ1) is 4.81. The third-order valence-corrected chi connectivity index (χ3v) is 0.940. The topological polar surface area (TPSA) is 0 Å². The Labute approximate surface area is 91.6 Å². The third-order valence-electron chi connectivity index (χ3n) is 0.940. The van der Waals surface area contributed by atoms with Gasteiger partial charge < -0.3 is 17.0 Å². The average Bonchev–Trinajstić information content (AvgIpc) is 1.91. The average molecular weight is 221 g/mol. The fourth-order valence-electron chi connectivity index (χ4n) is 0.534. The zero-order chi connectivity index (χ0) is 7.82. The molecule has 0 N–H and O–H groups in total. The first kappa shape index (κ1) is 13.6. The molecule has 0 unspecified atom stereocenters. The Bertz CT molecular complexity index is 201. The number of halogens is 1. The van der Waals surface area contributed by atoms with Crippen molar-refractivity contribution < 1.29 is 17.0 Å². The predicted molar refractivity (Wildman–Crippen MR) is 45.8 cm³/mol. The van der Waals surface area contributed by atoms with Gasteiger partial charge in [0.05, 0.1) is 0 Å². The molecule has 0 bridgehead atoms. The smallest absolute Gasteiger partial charge is 0.0398 e. The van der Waals surface area contributed by atoms with Crippen molar-refractivity contribution in [1.29, 1.82) is 0 Å². The number of hydrogen-bond donors (Lipinski definition) is 0. The summed E-state index contributed by atoms with van der Waals surface area (Å²) < 4.78 is 2.28. The summed E-state index contributed by atoms with van der Waals surface area (Å²) >= 11 is 1.50. The Kier molecular flexibility index (Phi) is 12.4. The largest absolute Gasteiger partial charge is 1.00 e. The van der Waals surface area contributed by atoms with Crippen molar-refractivity contribution in [2.24, 2.45) is 0 Å². The summed E-state index contributed by atoms with van der Waals surface area (Å²) in [6, 6.07) is 10.3. The van der Waals surface area contributed by atoms with Crippen LogP contribution in [0.5, 0.6) is 0 Å². The van der Waals surface area contributed by atoms with E-state index in [9.17, 15) is 0 Å². The zero-order valence-electron chi connectivity index (χ0n) is 6.55. The van der Waals surface area contributed by atoms with E-state index in [-0.39, 0.29) is 17.0 Å². The molecule has 11 heavy (non-hydrogen) atoms. The monoisotopic (exact) mass is 220 g/mol. The molecule has 0 aromatic heterocycles. The van der Waals surface area contributed by atoms with Crippen molar-refractivity contribution in [1.82, 2.24) is 0 Å². The number of rotatable bonds is 0. The molecule has 0 fully saturated rings. The van der Waals surface area contributed by atoms with E-state index < -0.39 is 0 Å². The normalized spacial score (nSPS) is 6.36. The van der Waals surface area contributed by atoms with Crippen molar-refractivity contribution in [2.75, 3.05) is 0 Å². The molecule has 0 aliphatic heterocycles. The number of terminal acetylenes is 1. The van der Waals surface area contributed by atoms with Gasteiger partial charge in [0.2, 0.25) is 0 Å². The molecule has 0 aliphatic carbocycles. The van der Waals surface area contributed by atoms with Gasteiger partial charge in [0.1, 0.15) is 0 Å². The van der Waals surface area contributed by atoms with E-state index in [1.165, 1.54) is 27.3 Å². The second kappa shape index (κ2) is 10.0. The van der Waals surface area contributed by atoms with Crippen LogP contribution in [-0.2, 0) is 0 Å². The van der Waals surface area contributed by atoms with Gasteiger partial charge in [-0.3, -0.25) is 0 Å². The van der Waals surface area contributed by atoms with Crippen molar-refractivity contribution in [3.8, 4) is 10.5 Å². The molecule has 2 heteroatoms. The van der Waals surface area contributed by atoms with Crippen LogP contribution < -0.4 is 17.0 Å². The van der Waals surface area contributed by atoms with Crippen LogP contribution in [0.2, 0.25) is 0 Å². The molecule has 1 aromatic carbocycles. The quantitative estimate of drug-likeness (QED) is 0.379. The molecule has 0 saturated carbocycles. The standard InChI is InChI=1S/C7H8.C2H.BrH.Mg/c1-7-5-3-2-4-6-7;1-2;;/h2-6H,1H3;1H;1H;/q;;;+1/p-1. The summed E-state index contributed by atoms with van der Waals surface area (Å²) in [5, 5.41) is 0. The van der Waals surface area contributed by atoms with Crippen LogP contribution >= 0.6 is 0 Å². The first-order valence-electron chi connectivity index (χ1n) is 3.05. The molecule has 0 aliphatic rings. The predicted octanol–water partition coefficient (Wildman–Crippen LogP) is -1.26. The minimum absolute atomic E-state index is 0. The summed E-state index contributed by atoms with van der Waals surface area (Å²) in [5.41, 5.74) is 1.32. The second-order valence-electron chi connectivity index (χ2n) is 1.86. The van der Waals surface area contributed by atoms with Gasteiger partial charge >= 0.3 is 32.2 Å². The van der Waals surface area contributed by atoms with Gasteiger partial charge in [-0.05, 0) is 6.92 Å². The van der Waals surface area contributed by atoms with Gasteiger partial charge in [0, 0.05) is 0 Å². The maximum absolute atomic E-state index is 4.61. The van der Waals surface area contributed by atoms with Crippen molar-refractivity contribution in [2.45, 2.75) is 6.92 Å². The zero-order valence-corrected chi connectivity index (χ0v) is 9.55. The van der Waals surface area contributed by atoms with Gasteiger partial charge in [-0.15, -0.1) is 0 Å². The Morgan fingerprint density at radius 2 is 1.64 bits per heavy atom. The maximum atomic E-state index is 4.61. The molecular formula is C9H9BrMg. The van der Waals surface area contributed by atoms with Crippen LogP contribution in [-0.4, -0.2) is 21.7 Å². The minimum Gasteiger partial charge on any atom is -1.00 e. The summed E-state index contributed by atoms with van der Waals surface area (Å²) in [5.74, 6) is 0. The molecule has 0 amide bonds. The Morgan fingerprint density at radius 1 is 1.27 bits per heavy atom. The number of benzene rings is 1.